The van der Waals surface area contributed by atoms with E-state index in [0.717, 1.165) is 0 Å². The van der Waals surface area contributed by atoms with Crippen molar-refractivity contribution in [1.29, 1.82) is 0 Å². The molecular formula is C2H8LiN2. The van der Waals surface area contributed by atoms with Crippen LogP contribution in [0.25, 0.3) is 0 Å². The first-order chi connectivity index (χ1) is 1.91. The van der Waals surface area contributed by atoms with Crippen molar-refractivity contribution in [2.45, 2.75) is 0 Å². The number of rotatable bonds is 1. The summed E-state index contributed by atoms with van der Waals surface area (Å²) in [5.74, 6) is 0. The van der Waals surface area contributed by atoms with E-state index in [1.807, 2.05) is 0 Å². The van der Waals surface area contributed by atoms with Crippen LogP contribution in [0.1, 0.15) is 0 Å². The van der Waals surface area contributed by atoms with Crippen LogP contribution in [0, 0.1) is 6.54 Å². The van der Waals surface area contributed by atoms with Gasteiger partial charge in [-0.2, -0.15) is 0 Å². The van der Waals surface area contributed by atoms with Crippen LogP contribution in [-0.4, -0.2) is 25.4 Å². The Hall–Kier alpha value is 0.517. The quantitative estimate of drug-likeness (QED) is 0.363. The average Bonchev–Trinajstić information content (AvgIpc) is 1.37. The van der Waals surface area contributed by atoms with E-state index in [1.54, 1.807) is 0 Å². The molecule has 0 heterocycles. The number of hydrogen-bond donors (Lipinski definition) is 2. The summed E-state index contributed by atoms with van der Waals surface area (Å²) in [5, 5.41) is 0. The Labute approximate surface area is 44.1 Å². The molecule has 0 aromatic rings. The van der Waals surface area contributed by atoms with Crippen LogP contribution >= 0.6 is 0 Å². The van der Waals surface area contributed by atoms with Gasteiger partial charge in [-0.3, -0.25) is 0 Å². The molecule has 0 aliphatic carbocycles. The third kappa shape index (κ3) is 12.4. The van der Waals surface area contributed by atoms with Gasteiger partial charge in [0.25, 0.3) is 0 Å². The second-order valence-corrected chi connectivity index (χ2v) is 0.471. The summed E-state index contributed by atoms with van der Waals surface area (Å²) >= 11 is 0. The molecule has 5 heavy (non-hydrogen) atoms. The summed E-state index contributed by atoms with van der Waals surface area (Å²) < 4.78 is 0. The maximum atomic E-state index is 4.85. The van der Waals surface area contributed by atoms with E-state index in [-0.39, 0.29) is 18.9 Å². The molecule has 4 N–H and O–H groups in total. The Morgan fingerprint density at radius 1 is 1.60 bits per heavy atom. The van der Waals surface area contributed by atoms with Crippen molar-refractivity contribution in [2.75, 3.05) is 6.54 Å². The van der Waals surface area contributed by atoms with Gasteiger partial charge in [0.15, 0.2) is 0 Å². The molecule has 0 aliphatic heterocycles. The summed E-state index contributed by atoms with van der Waals surface area (Å²) in [6.07, 6.45) is 0. The van der Waals surface area contributed by atoms with Crippen molar-refractivity contribution in [3.8, 4) is 0 Å². The zero-order chi connectivity index (χ0) is 3.41. The molecule has 0 aromatic carbocycles. The Kier molecular flexibility index (Phi) is 16.1. The topological polar surface area (TPSA) is 52.0 Å². The van der Waals surface area contributed by atoms with Crippen LogP contribution in [0.3, 0.4) is 0 Å². The third-order valence-corrected chi connectivity index (χ3v) is 0.136. The molecule has 0 unspecified atom stereocenters. The van der Waals surface area contributed by atoms with Gasteiger partial charge in [0.05, 0.1) is 0 Å². The van der Waals surface area contributed by atoms with Gasteiger partial charge in [-0.25, -0.2) is 0 Å². The normalized spacial score (nSPS) is 6.00. The molecule has 0 aliphatic rings. The van der Waals surface area contributed by atoms with Crippen molar-refractivity contribution in [3.05, 3.63) is 6.54 Å². The Balaban J connectivity index is 0. The Morgan fingerprint density at radius 3 is 1.80 bits per heavy atom. The first-order valence-electron chi connectivity index (χ1n) is 1.15. The molecule has 0 saturated heterocycles. The molecular weight excluding hydrogens is 59.0 g/mol. The molecule has 3 heteroatoms. The zero-order valence-electron chi connectivity index (χ0n) is 2.44. The van der Waals surface area contributed by atoms with Gasteiger partial charge in [0.2, 0.25) is 0 Å². The second kappa shape index (κ2) is 8.82. The average molecular weight is 67.0 g/mol. The number of nitrogens with two attached hydrogens (primary N) is 2. The van der Waals surface area contributed by atoms with E-state index in [1.165, 1.54) is 6.54 Å². The van der Waals surface area contributed by atoms with Crippen LogP contribution in [0.5, 0.6) is 0 Å². The molecule has 0 aromatic heterocycles. The second-order valence-electron chi connectivity index (χ2n) is 0.471. The standard InChI is InChI=1S/C2H7N2.Li.H/c3-1-2-4;;/h1H,2-4H2;;. The van der Waals surface area contributed by atoms with Gasteiger partial charge in [-0.05, 0) is 0 Å². The van der Waals surface area contributed by atoms with Crippen molar-refractivity contribution in [3.63, 3.8) is 0 Å². The van der Waals surface area contributed by atoms with E-state index < -0.39 is 0 Å². The molecule has 0 rings (SSSR count). The van der Waals surface area contributed by atoms with Crippen molar-refractivity contribution < 1.29 is 0 Å². The molecule has 0 saturated carbocycles. The maximum absolute atomic E-state index is 4.85. The van der Waals surface area contributed by atoms with Gasteiger partial charge in [0, 0.05) is 13.1 Å². The summed E-state index contributed by atoms with van der Waals surface area (Å²) in [5.41, 5.74) is 9.62. The van der Waals surface area contributed by atoms with Crippen LogP contribution in [-0.2, 0) is 0 Å². The van der Waals surface area contributed by atoms with E-state index in [0.29, 0.717) is 6.54 Å². The van der Waals surface area contributed by atoms with Crippen LogP contribution in [0.15, 0.2) is 0 Å². The van der Waals surface area contributed by atoms with Gasteiger partial charge in [-0.15, -0.1) is 0 Å². The van der Waals surface area contributed by atoms with Crippen molar-refractivity contribution in [2.24, 2.45) is 11.5 Å². The van der Waals surface area contributed by atoms with Crippen LogP contribution in [0.4, 0.5) is 0 Å². The molecule has 0 atom stereocenters. The fourth-order valence-electron chi connectivity index (χ4n) is 0. The zero-order valence-corrected chi connectivity index (χ0v) is 2.44. The van der Waals surface area contributed by atoms with Crippen LogP contribution < -0.4 is 11.5 Å². The predicted octanol–water partition coefficient (Wildman–Crippen LogP) is -1.58. The van der Waals surface area contributed by atoms with E-state index >= 15 is 0 Å². The van der Waals surface area contributed by atoms with Crippen LogP contribution in [0.2, 0.25) is 0 Å². The minimum atomic E-state index is 0. The predicted molar refractivity (Wildman–Crippen MR) is 24.7 cm³/mol. The van der Waals surface area contributed by atoms with E-state index in [2.05, 4.69) is 0 Å². The molecule has 27 valence electrons. The fraction of sp³-hybridized carbons (Fsp3) is 0.500. The molecule has 0 spiro atoms. The monoisotopic (exact) mass is 67.1 g/mol. The molecule has 0 fully saturated rings. The van der Waals surface area contributed by atoms with E-state index in [4.69, 9.17) is 11.5 Å². The Morgan fingerprint density at radius 2 is 1.80 bits per heavy atom. The van der Waals surface area contributed by atoms with Gasteiger partial charge in [-0.1, -0.05) is 0 Å². The fourth-order valence-corrected chi connectivity index (χ4v) is 0. The molecule has 2 nitrogen and oxygen atoms in total. The first-order valence-corrected chi connectivity index (χ1v) is 1.15. The van der Waals surface area contributed by atoms with E-state index in [9.17, 15) is 0 Å². The first kappa shape index (κ1) is 9.10. The summed E-state index contributed by atoms with van der Waals surface area (Å²) in [4.78, 5) is 0. The van der Waals surface area contributed by atoms with Crippen molar-refractivity contribution in [1.82, 2.24) is 0 Å². The SMILES string of the molecule is N[CH]CN.[LiH]. The molecule has 0 bridgehead atoms. The van der Waals surface area contributed by atoms with Gasteiger partial charge in [0.1, 0.15) is 0 Å². The summed E-state index contributed by atoms with van der Waals surface area (Å²) in [6.45, 7) is 1.88. The minimum absolute atomic E-state index is 0. The van der Waals surface area contributed by atoms with Crippen molar-refractivity contribution >= 4 is 18.9 Å². The number of hydrogen-bond acceptors (Lipinski definition) is 2. The molecule has 0 amide bonds. The third-order valence-electron chi connectivity index (χ3n) is 0.136. The summed E-state index contributed by atoms with van der Waals surface area (Å²) in [6, 6.07) is 0. The Bertz CT molecular complexity index is 9.61. The van der Waals surface area contributed by atoms with Gasteiger partial charge >= 0.3 is 18.9 Å². The van der Waals surface area contributed by atoms with Gasteiger partial charge < -0.3 is 11.5 Å². The molecule has 1 radical (unpaired) electrons. The summed E-state index contributed by atoms with van der Waals surface area (Å²) in [7, 11) is 0.